The van der Waals surface area contributed by atoms with Crippen LogP contribution in [0.5, 0.6) is 5.75 Å². The van der Waals surface area contributed by atoms with E-state index in [-0.39, 0.29) is 11.6 Å². The molecule has 0 bridgehead atoms. The fourth-order valence-electron chi connectivity index (χ4n) is 3.29. The molecule has 1 heterocycles. The number of carbonyl (C=O) groups is 2. The first-order valence-corrected chi connectivity index (χ1v) is 10.7. The molecule has 1 fully saturated rings. The van der Waals surface area contributed by atoms with Crippen LogP contribution in [-0.2, 0) is 11.2 Å². The lowest BCUT2D eigenvalue weighted by Gasteiger charge is -2.37. The SMILES string of the molecule is COc1ccc(N2CCSCC2Cc2ccc(C(=O)NNC(=O)C(F)F)cc2F)cc1. The molecule has 2 N–H and O–H groups in total. The molecule has 0 aromatic heterocycles. The number of nitrogens with one attached hydrogen (secondary N) is 2. The van der Waals surface area contributed by atoms with Gasteiger partial charge in [-0.05, 0) is 48.4 Å². The average Bonchev–Trinajstić information content (AvgIpc) is 2.78. The van der Waals surface area contributed by atoms with Crippen LogP contribution in [0.1, 0.15) is 15.9 Å². The van der Waals surface area contributed by atoms with Crippen LogP contribution < -0.4 is 20.5 Å². The Balaban J connectivity index is 1.69. The molecule has 31 heavy (non-hydrogen) atoms. The van der Waals surface area contributed by atoms with E-state index in [0.29, 0.717) is 12.0 Å². The van der Waals surface area contributed by atoms with Crippen molar-refractivity contribution >= 4 is 29.3 Å². The second-order valence-corrected chi connectivity index (χ2v) is 8.02. The maximum Gasteiger partial charge on any atom is 0.317 e. The number of benzene rings is 2. The van der Waals surface area contributed by atoms with E-state index in [2.05, 4.69) is 4.90 Å². The first-order chi connectivity index (χ1) is 14.9. The molecule has 1 aliphatic heterocycles. The standard InChI is InChI=1S/C21H22F3N3O3S/c1-30-17-6-4-15(5-7-17)27-8-9-31-12-16(27)10-13-2-3-14(11-18(13)22)20(28)25-26-21(29)19(23)24/h2-7,11,16,19H,8-10,12H2,1H3,(H,25,28)(H,26,29). The van der Waals surface area contributed by atoms with Crippen molar-refractivity contribution in [3.8, 4) is 5.75 Å². The summed E-state index contributed by atoms with van der Waals surface area (Å²) in [5.74, 6) is -0.539. The van der Waals surface area contributed by atoms with Gasteiger partial charge in [-0.1, -0.05) is 6.07 Å². The Morgan fingerprint density at radius 3 is 2.58 bits per heavy atom. The maximum atomic E-state index is 14.7. The summed E-state index contributed by atoms with van der Waals surface area (Å²) in [4.78, 5) is 25.0. The van der Waals surface area contributed by atoms with Gasteiger partial charge in [0, 0.05) is 35.3 Å². The minimum Gasteiger partial charge on any atom is -0.497 e. The summed E-state index contributed by atoms with van der Waals surface area (Å²) in [6, 6.07) is 11.7. The highest BCUT2D eigenvalue weighted by Gasteiger charge is 2.25. The van der Waals surface area contributed by atoms with Gasteiger partial charge in [0.2, 0.25) is 0 Å². The third-order valence-electron chi connectivity index (χ3n) is 4.90. The number of alkyl halides is 2. The third-order valence-corrected chi connectivity index (χ3v) is 5.99. The number of ether oxygens (including phenoxy) is 1. The number of anilines is 1. The van der Waals surface area contributed by atoms with Crippen molar-refractivity contribution < 1.29 is 27.5 Å². The number of amides is 2. The lowest BCUT2D eigenvalue weighted by molar-refractivity contribution is -0.132. The van der Waals surface area contributed by atoms with Crippen LogP contribution in [0.15, 0.2) is 42.5 Å². The zero-order valence-electron chi connectivity index (χ0n) is 16.7. The van der Waals surface area contributed by atoms with Crippen molar-refractivity contribution in [3.05, 3.63) is 59.4 Å². The van der Waals surface area contributed by atoms with E-state index in [9.17, 15) is 22.8 Å². The van der Waals surface area contributed by atoms with Crippen molar-refractivity contribution in [1.82, 2.24) is 10.9 Å². The summed E-state index contributed by atoms with van der Waals surface area (Å²) in [5, 5.41) is 0. The first kappa shape index (κ1) is 22.8. The Morgan fingerprint density at radius 2 is 1.94 bits per heavy atom. The Hall–Kier alpha value is -2.88. The molecule has 2 aromatic rings. The van der Waals surface area contributed by atoms with Gasteiger partial charge in [-0.3, -0.25) is 20.4 Å². The minimum absolute atomic E-state index is 0.0617. The van der Waals surface area contributed by atoms with Gasteiger partial charge in [-0.15, -0.1) is 0 Å². The van der Waals surface area contributed by atoms with Gasteiger partial charge >= 0.3 is 12.3 Å². The smallest absolute Gasteiger partial charge is 0.317 e. The summed E-state index contributed by atoms with van der Waals surface area (Å²) >= 11 is 1.80. The zero-order chi connectivity index (χ0) is 22.4. The summed E-state index contributed by atoms with van der Waals surface area (Å²) in [6.45, 7) is 0.827. The Labute approximate surface area is 182 Å². The lowest BCUT2D eigenvalue weighted by atomic mass is 10.0. The number of methoxy groups -OCH3 is 1. The average molecular weight is 453 g/mol. The van der Waals surface area contributed by atoms with Crippen LogP contribution >= 0.6 is 11.8 Å². The maximum absolute atomic E-state index is 14.7. The van der Waals surface area contributed by atoms with Crippen molar-refractivity contribution in [2.24, 2.45) is 0 Å². The first-order valence-electron chi connectivity index (χ1n) is 9.54. The molecular weight excluding hydrogens is 431 g/mol. The predicted molar refractivity (Wildman–Crippen MR) is 113 cm³/mol. The van der Waals surface area contributed by atoms with Crippen molar-refractivity contribution in [1.29, 1.82) is 0 Å². The number of thioether (sulfide) groups is 1. The fourth-order valence-corrected chi connectivity index (χ4v) is 4.35. The van der Waals surface area contributed by atoms with Crippen LogP contribution in [0.25, 0.3) is 0 Å². The number of carbonyl (C=O) groups excluding carboxylic acids is 2. The summed E-state index contributed by atoms with van der Waals surface area (Å²) in [6.07, 6.45) is -2.82. The number of rotatable bonds is 6. The molecule has 3 rings (SSSR count). The highest BCUT2D eigenvalue weighted by atomic mass is 32.2. The normalized spacial score (nSPS) is 16.2. The molecular formula is C21H22F3N3O3S. The highest BCUT2D eigenvalue weighted by molar-refractivity contribution is 7.99. The van der Waals surface area contributed by atoms with E-state index in [1.807, 2.05) is 29.7 Å². The predicted octanol–water partition coefficient (Wildman–Crippen LogP) is 3.02. The fraction of sp³-hybridized carbons (Fsp3) is 0.333. The molecule has 0 aliphatic carbocycles. The summed E-state index contributed by atoms with van der Waals surface area (Å²) in [5.41, 5.74) is 4.81. The molecule has 1 aliphatic rings. The highest BCUT2D eigenvalue weighted by Crippen LogP contribution is 2.28. The molecule has 0 spiro atoms. The molecule has 0 radical (unpaired) electrons. The van der Waals surface area contributed by atoms with Crippen molar-refractivity contribution in [2.75, 3.05) is 30.1 Å². The number of hydrogen-bond acceptors (Lipinski definition) is 5. The molecule has 1 unspecified atom stereocenters. The van der Waals surface area contributed by atoms with Gasteiger partial charge < -0.3 is 9.64 Å². The van der Waals surface area contributed by atoms with E-state index >= 15 is 0 Å². The zero-order valence-corrected chi connectivity index (χ0v) is 17.6. The number of halogens is 3. The molecule has 2 aromatic carbocycles. The largest absolute Gasteiger partial charge is 0.497 e. The number of hydrazine groups is 1. The third kappa shape index (κ3) is 5.84. The van der Waals surface area contributed by atoms with E-state index in [4.69, 9.17) is 4.74 Å². The Morgan fingerprint density at radius 1 is 1.19 bits per heavy atom. The second kappa shape index (κ2) is 10.4. The van der Waals surface area contributed by atoms with Crippen LogP contribution in [-0.4, -0.2) is 49.4 Å². The number of hydrogen-bond donors (Lipinski definition) is 2. The summed E-state index contributed by atoms with van der Waals surface area (Å²) in [7, 11) is 1.61. The van der Waals surface area contributed by atoms with Gasteiger partial charge in [0.05, 0.1) is 7.11 Å². The van der Waals surface area contributed by atoms with Crippen molar-refractivity contribution in [2.45, 2.75) is 18.9 Å². The molecule has 10 heteroatoms. The van der Waals surface area contributed by atoms with Crippen LogP contribution in [0.3, 0.4) is 0 Å². The molecule has 1 saturated heterocycles. The summed E-state index contributed by atoms with van der Waals surface area (Å²) < 4.78 is 44.2. The lowest BCUT2D eigenvalue weighted by Crippen LogP contribution is -2.44. The van der Waals surface area contributed by atoms with Crippen LogP contribution in [0.2, 0.25) is 0 Å². The van der Waals surface area contributed by atoms with E-state index in [1.54, 1.807) is 24.3 Å². The van der Waals surface area contributed by atoms with Gasteiger partial charge in [0.1, 0.15) is 11.6 Å². The Bertz CT molecular complexity index is 928. The number of nitrogens with zero attached hydrogens (tertiary/aromatic N) is 1. The van der Waals surface area contributed by atoms with Gasteiger partial charge in [0.15, 0.2) is 0 Å². The molecule has 166 valence electrons. The van der Waals surface area contributed by atoms with Gasteiger partial charge in [-0.2, -0.15) is 20.5 Å². The van der Waals surface area contributed by atoms with Crippen LogP contribution in [0, 0.1) is 5.82 Å². The van der Waals surface area contributed by atoms with E-state index in [0.717, 1.165) is 35.6 Å². The van der Waals surface area contributed by atoms with E-state index in [1.165, 1.54) is 12.1 Å². The van der Waals surface area contributed by atoms with Crippen LogP contribution in [0.4, 0.5) is 18.9 Å². The van der Waals surface area contributed by atoms with E-state index < -0.39 is 24.1 Å². The molecule has 2 amide bonds. The quantitative estimate of drug-likeness (QED) is 0.658. The monoisotopic (exact) mass is 453 g/mol. The second-order valence-electron chi connectivity index (χ2n) is 6.87. The van der Waals surface area contributed by atoms with Crippen molar-refractivity contribution in [3.63, 3.8) is 0 Å². The molecule has 6 nitrogen and oxygen atoms in total. The molecule has 1 atom stereocenters. The van der Waals surface area contributed by atoms with Gasteiger partial charge in [-0.25, -0.2) is 4.39 Å². The molecule has 0 saturated carbocycles. The Kier molecular flexibility index (Phi) is 7.67. The topological polar surface area (TPSA) is 70.7 Å². The van der Waals surface area contributed by atoms with Gasteiger partial charge in [0.25, 0.3) is 5.91 Å². The minimum atomic E-state index is -3.26.